The van der Waals surface area contributed by atoms with E-state index in [0.717, 1.165) is 36.2 Å². The molecule has 2 fully saturated rings. The molecule has 172 valence electrons. The van der Waals surface area contributed by atoms with Gasteiger partial charge in [-0.25, -0.2) is 4.98 Å². The van der Waals surface area contributed by atoms with E-state index in [1.54, 1.807) is 4.90 Å². The first-order valence-electron chi connectivity index (χ1n) is 11.4. The molecule has 4 heterocycles. The number of nitrogens with one attached hydrogen (secondary N) is 3. The summed E-state index contributed by atoms with van der Waals surface area (Å²) in [4.78, 5) is 42.4. The van der Waals surface area contributed by atoms with Gasteiger partial charge >= 0.3 is 0 Å². The van der Waals surface area contributed by atoms with E-state index in [2.05, 4.69) is 20.9 Å². The fraction of sp³-hybridized carbons (Fsp3) is 0.417. The van der Waals surface area contributed by atoms with E-state index in [0.29, 0.717) is 37.5 Å². The molecule has 3 amide bonds. The SMILES string of the molecule is O=C1CCC(N2Cc3cc(CNCc4ccc(OC5CCNC5)nc4)ccc3C2=O)C(=O)N1. The number of benzene rings is 1. The van der Waals surface area contributed by atoms with Crippen molar-refractivity contribution in [1.29, 1.82) is 0 Å². The van der Waals surface area contributed by atoms with Crippen molar-refractivity contribution in [2.75, 3.05) is 13.1 Å². The second kappa shape index (κ2) is 9.29. The first-order chi connectivity index (χ1) is 16.1. The van der Waals surface area contributed by atoms with Gasteiger partial charge in [-0.1, -0.05) is 18.2 Å². The number of hydrogen-bond acceptors (Lipinski definition) is 7. The minimum absolute atomic E-state index is 0.152. The highest BCUT2D eigenvalue weighted by Gasteiger charge is 2.39. The number of ether oxygens (including phenoxy) is 1. The van der Waals surface area contributed by atoms with Gasteiger partial charge < -0.3 is 20.3 Å². The van der Waals surface area contributed by atoms with Gasteiger partial charge in [0.1, 0.15) is 12.1 Å². The van der Waals surface area contributed by atoms with Gasteiger partial charge in [0.05, 0.1) is 0 Å². The third-order valence-corrected chi connectivity index (χ3v) is 6.35. The van der Waals surface area contributed by atoms with Crippen LogP contribution in [0.2, 0.25) is 0 Å². The fourth-order valence-electron chi connectivity index (χ4n) is 4.57. The number of pyridine rings is 1. The van der Waals surface area contributed by atoms with Crippen LogP contribution in [0.15, 0.2) is 36.5 Å². The number of rotatable bonds is 7. The topological polar surface area (TPSA) is 113 Å². The van der Waals surface area contributed by atoms with E-state index in [1.165, 1.54) is 0 Å². The van der Waals surface area contributed by atoms with Gasteiger partial charge in [0, 0.05) is 50.4 Å². The number of carbonyl (C=O) groups is 3. The van der Waals surface area contributed by atoms with Crippen molar-refractivity contribution in [3.8, 4) is 5.88 Å². The Morgan fingerprint density at radius 2 is 1.94 bits per heavy atom. The first kappa shape index (κ1) is 21.5. The predicted octanol–water partition coefficient (Wildman–Crippen LogP) is 0.873. The zero-order valence-corrected chi connectivity index (χ0v) is 18.3. The van der Waals surface area contributed by atoms with Crippen LogP contribution in [0.25, 0.3) is 0 Å². The van der Waals surface area contributed by atoms with Crippen LogP contribution in [-0.2, 0) is 29.2 Å². The Hall–Kier alpha value is -3.30. The highest BCUT2D eigenvalue weighted by Crippen LogP contribution is 2.28. The standard InChI is InChI=1S/C24H27N5O4/c30-21-5-4-20(23(31)28-21)29-14-17-9-15(1-3-19(17)24(29)32)10-26-11-16-2-6-22(27-12-16)33-18-7-8-25-13-18/h1-3,6,9,12,18,20,25-26H,4-5,7-8,10-11,13-14H2,(H,28,30,31). The fourth-order valence-corrected chi connectivity index (χ4v) is 4.57. The van der Waals surface area contributed by atoms with Crippen LogP contribution in [0.1, 0.15) is 46.3 Å². The van der Waals surface area contributed by atoms with Crippen LogP contribution in [0.4, 0.5) is 0 Å². The quantitative estimate of drug-likeness (QED) is 0.538. The minimum atomic E-state index is -0.589. The van der Waals surface area contributed by atoms with Gasteiger partial charge in [0.15, 0.2) is 0 Å². The summed E-state index contributed by atoms with van der Waals surface area (Å²) in [5.74, 6) is -0.173. The third kappa shape index (κ3) is 4.74. The Morgan fingerprint density at radius 3 is 2.70 bits per heavy atom. The molecule has 2 aromatic rings. The zero-order valence-electron chi connectivity index (χ0n) is 18.3. The molecule has 9 heteroatoms. The molecule has 2 saturated heterocycles. The largest absolute Gasteiger partial charge is 0.473 e. The summed E-state index contributed by atoms with van der Waals surface area (Å²) in [6.07, 6.45) is 3.64. The number of hydrogen-bond donors (Lipinski definition) is 3. The van der Waals surface area contributed by atoms with Crippen molar-refractivity contribution in [2.24, 2.45) is 0 Å². The molecule has 0 bridgehead atoms. The molecule has 1 aromatic carbocycles. The maximum absolute atomic E-state index is 12.8. The average Bonchev–Trinajstić information content (AvgIpc) is 3.43. The molecule has 33 heavy (non-hydrogen) atoms. The van der Waals surface area contributed by atoms with Crippen LogP contribution < -0.4 is 20.7 Å². The normalized spacial score (nSPS) is 22.4. The lowest BCUT2D eigenvalue weighted by atomic mass is 10.0. The lowest BCUT2D eigenvalue weighted by molar-refractivity contribution is -0.136. The molecular weight excluding hydrogens is 422 g/mol. The van der Waals surface area contributed by atoms with E-state index >= 15 is 0 Å². The van der Waals surface area contributed by atoms with Crippen molar-refractivity contribution >= 4 is 17.7 Å². The molecule has 9 nitrogen and oxygen atoms in total. The Morgan fingerprint density at radius 1 is 1.09 bits per heavy atom. The molecule has 3 N–H and O–H groups in total. The summed E-state index contributed by atoms with van der Waals surface area (Å²) in [5, 5.41) is 9.01. The minimum Gasteiger partial charge on any atom is -0.473 e. The number of carbonyl (C=O) groups excluding carboxylic acids is 3. The summed E-state index contributed by atoms with van der Waals surface area (Å²) in [6.45, 7) is 3.54. The molecule has 0 saturated carbocycles. The van der Waals surface area contributed by atoms with Gasteiger partial charge in [-0.2, -0.15) is 0 Å². The van der Waals surface area contributed by atoms with E-state index in [4.69, 9.17) is 4.74 Å². The molecule has 0 radical (unpaired) electrons. The van der Waals surface area contributed by atoms with Gasteiger partial charge in [-0.3, -0.25) is 19.7 Å². The lowest BCUT2D eigenvalue weighted by Crippen LogP contribution is -2.52. The molecular formula is C24H27N5O4. The van der Waals surface area contributed by atoms with E-state index in [-0.39, 0.29) is 30.2 Å². The maximum atomic E-state index is 12.8. The summed E-state index contributed by atoms with van der Waals surface area (Å²) in [7, 11) is 0. The maximum Gasteiger partial charge on any atom is 0.255 e. The Kier molecular flexibility index (Phi) is 6.06. The Bertz CT molecular complexity index is 1070. The molecule has 0 spiro atoms. The van der Waals surface area contributed by atoms with Crippen LogP contribution in [0.5, 0.6) is 5.88 Å². The third-order valence-electron chi connectivity index (χ3n) is 6.35. The Balaban J connectivity index is 1.15. The monoisotopic (exact) mass is 449 g/mol. The molecule has 0 aliphatic carbocycles. The average molecular weight is 450 g/mol. The smallest absolute Gasteiger partial charge is 0.255 e. The molecule has 3 aliphatic rings. The Labute approximate surface area is 191 Å². The number of aromatic nitrogens is 1. The second-order valence-electron chi connectivity index (χ2n) is 8.73. The van der Waals surface area contributed by atoms with E-state index in [1.807, 2.05) is 36.5 Å². The van der Waals surface area contributed by atoms with Gasteiger partial charge in [0.25, 0.3) is 5.91 Å². The van der Waals surface area contributed by atoms with Crippen LogP contribution in [0.3, 0.4) is 0 Å². The molecule has 2 atom stereocenters. The predicted molar refractivity (Wildman–Crippen MR) is 119 cm³/mol. The summed E-state index contributed by atoms with van der Waals surface area (Å²) >= 11 is 0. The van der Waals surface area contributed by atoms with Crippen molar-refractivity contribution in [3.05, 3.63) is 58.8 Å². The highest BCUT2D eigenvalue weighted by molar-refractivity contribution is 6.05. The van der Waals surface area contributed by atoms with Gasteiger partial charge in [-0.15, -0.1) is 0 Å². The number of piperidine rings is 1. The number of amides is 3. The number of imide groups is 1. The molecule has 5 rings (SSSR count). The summed E-state index contributed by atoms with van der Waals surface area (Å²) in [5.41, 5.74) is 3.66. The first-order valence-corrected chi connectivity index (χ1v) is 11.4. The second-order valence-corrected chi connectivity index (χ2v) is 8.73. The van der Waals surface area contributed by atoms with E-state index in [9.17, 15) is 14.4 Å². The van der Waals surface area contributed by atoms with Crippen molar-refractivity contribution < 1.29 is 19.1 Å². The van der Waals surface area contributed by atoms with E-state index < -0.39 is 6.04 Å². The summed E-state index contributed by atoms with van der Waals surface area (Å²) < 4.78 is 5.85. The molecule has 3 aliphatic heterocycles. The van der Waals surface area contributed by atoms with Crippen LogP contribution >= 0.6 is 0 Å². The zero-order chi connectivity index (χ0) is 22.8. The van der Waals surface area contributed by atoms with Gasteiger partial charge in [-0.05, 0) is 42.1 Å². The number of fused-ring (bicyclic) bond motifs is 1. The summed E-state index contributed by atoms with van der Waals surface area (Å²) in [6, 6.07) is 9.09. The van der Waals surface area contributed by atoms with Crippen LogP contribution in [-0.4, -0.2) is 52.8 Å². The van der Waals surface area contributed by atoms with Crippen molar-refractivity contribution in [1.82, 2.24) is 25.8 Å². The van der Waals surface area contributed by atoms with Crippen molar-refractivity contribution in [3.63, 3.8) is 0 Å². The molecule has 1 aromatic heterocycles. The van der Waals surface area contributed by atoms with Gasteiger partial charge in [0.2, 0.25) is 17.7 Å². The van der Waals surface area contributed by atoms with Crippen molar-refractivity contribution in [2.45, 2.75) is 51.0 Å². The number of nitrogens with zero attached hydrogens (tertiary/aromatic N) is 2. The van der Waals surface area contributed by atoms with Crippen LogP contribution in [0, 0.1) is 0 Å². The highest BCUT2D eigenvalue weighted by atomic mass is 16.5. The lowest BCUT2D eigenvalue weighted by Gasteiger charge is -2.29. The molecule has 2 unspecified atom stereocenters.